The Hall–Kier alpha value is -0.610. The zero-order valence-electron chi connectivity index (χ0n) is 13.4. The molecule has 116 valence electrons. The van der Waals surface area contributed by atoms with E-state index in [1.54, 1.807) is 0 Å². The van der Waals surface area contributed by atoms with Gasteiger partial charge in [-0.25, -0.2) is 0 Å². The highest BCUT2D eigenvalue weighted by atomic mass is 16.2. The van der Waals surface area contributed by atoms with Crippen molar-refractivity contribution in [2.45, 2.75) is 64.6 Å². The predicted octanol–water partition coefficient (Wildman–Crippen LogP) is 2.05. The second-order valence-electron chi connectivity index (χ2n) is 6.50. The third kappa shape index (κ3) is 3.73. The average molecular weight is 281 g/mol. The summed E-state index contributed by atoms with van der Waals surface area (Å²) in [6.07, 6.45) is 7.16. The number of hydrogen-bond donors (Lipinski definition) is 1. The van der Waals surface area contributed by atoms with Crippen LogP contribution in [0.5, 0.6) is 0 Å². The van der Waals surface area contributed by atoms with Crippen LogP contribution in [0, 0.1) is 5.92 Å². The molecule has 0 aliphatic carbocycles. The summed E-state index contributed by atoms with van der Waals surface area (Å²) in [6, 6.07) is 0.0593. The molecule has 4 nitrogen and oxygen atoms in total. The molecule has 0 bridgehead atoms. The highest BCUT2D eigenvalue weighted by molar-refractivity contribution is 5.84. The van der Waals surface area contributed by atoms with E-state index in [1.165, 1.54) is 32.4 Å². The lowest BCUT2D eigenvalue weighted by Crippen LogP contribution is -2.39. The van der Waals surface area contributed by atoms with Gasteiger partial charge in [-0.05, 0) is 58.2 Å². The Bertz CT molecular complexity index is 313. The van der Waals surface area contributed by atoms with Gasteiger partial charge in [0.05, 0.1) is 12.2 Å². The number of nitrogens with one attached hydrogen (secondary N) is 1. The fraction of sp³-hybridized carbons (Fsp3) is 0.938. The van der Waals surface area contributed by atoms with Crippen LogP contribution in [0.15, 0.2) is 0 Å². The SMILES string of the molecule is CCCC1NC(CC)C(=O)N1CCC1CCN(C)CC1. The van der Waals surface area contributed by atoms with Gasteiger partial charge in [0.15, 0.2) is 0 Å². The topological polar surface area (TPSA) is 35.6 Å². The van der Waals surface area contributed by atoms with Gasteiger partial charge in [-0.1, -0.05) is 20.3 Å². The maximum atomic E-state index is 12.4. The fourth-order valence-corrected chi connectivity index (χ4v) is 3.49. The Balaban J connectivity index is 1.84. The number of nitrogens with zero attached hydrogens (tertiary/aromatic N) is 2. The summed E-state index contributed by atoms with van der Waals surface area (Å²) in [6.45, 7) is 7.67. The minimum atomic E-state index is 0.0593. The third-order valence-electron chi connectivity index (χ3n) is 4.94. The van der Waals surface area contributed by atoms with Crippen molar-refractivity contribution < 1.29 is 4.79 Å². The van der Waals surface area contributed by atoms with E-state index in [9.17, 15) is 4.79 Å². The molecule has 0 saturated carbocycles. The minimum absolute atomic E-state index is 0.0593. The number of piperidine rings is 1. The molecular weight excluding hydrogens is 250 g/mol. The maximum absolute atomic E-state index is 12.4. The molecule has 0 aromatic rings. The highest BCUT2D eigenvalue weighted by Gasteiger charge is 2.37. The van der Waals surface area contributed by atoms with Crippen LogP contribution < -0.4 is 5.32 Å². The van der Waals surface area contributed by atoms with E-state index in [-0.39, 0.29) is 12.2 Å². The summed E-state index contributed by atoms with van der Waals surface area (Å²) in [5.74, 6) is 1.14. The highest BCUT2D eigenvalue weighted by Crippen LogP contribution is 2.23. The molecule has 2 aliphatic rings. The summed E-state index contributed by atoms with van der Waals surface area (Å²) >= 11 is 0. The third-order valence-corrected chi connectivity index (χ3v) is 4.94. The molecule has 2 atom stereocenters. The lowest BCUT2D eigenvalue weighted by molar-refractivity contribution is -0.130. The molecule has 0 spiro atoms. The summed E-state index contributed by atoms with van der Waals surface area (Å²) < 4.78 is 0. The number of likely N-dealkylation sites (tertiary alicyclic amines) is 1. The largest absolute Gasteiger partial charge is 0.326 e. The first-order chi connectivity index (χ1) is 9.65. The normalized spacial score (nSPS) is 29.4. The zero-order chi connectivity index (χ0) is 14.5. The van der Waals surface area contributed by atoms with Gasteiger partial charge in [-0.15, -0.1) is 0 Å². The Morgan fingerprint density at radius 2 is 1.90 bits per heavy atom. The summed E-state index contributed by atoms with van der Waals surface area (Å²) in [4.78, 5) is 16.9. The number of carbonyl (C=O) groups is 1. The van der Waals surface area contributed by atoms with Crippen molar-refractivity contribution in [2.24, 2.45) is 5.92 Å². The zero-order valence-corrected chi connectivity index (χ0v) is 13.4. The summed E-state index contributed by atoms with van der Waals surface area (Å²) in [7, 11) is 2.20. The number of rotatable bonds is 6. The molecule has 1 amide bonds. The summed E-state index contributed by atoms with van der Waals surface area (Å²) in [5.41, 5.74) is 0. The van der Waals surface area contributed by atoms with Gasteiger partial charge in [0.1, 0.15) is 0 Å². The van der Waals surface area contributed by atoms with Crippen molar-refractivity contribution in [3.63, 3.8) is 0 Å². The van der Waals surface area contributed by atoms with Crippen LogP contribution in [-0.4, -0.2) is 54.6 Å². The first-order valence-electron chi connectivity index (χ1n) is 8.40. The monoisotopic (exact) mass is 281 g/mol. The molecule has 20 heavy (non-hydrogen) atoms. The van der Waals surface area contributed by atoms with Crippen LogP contribution in [0.1, 0.15) is 52.4 Å². The van der Waals surface area contributed by atoms with Crippen LogP contribution in [0.2, 0.25) is 0 Å². The summed E-state index contributed by atoms with van der Waals surface area (Å²) in [5, 5.41) is 3.50. The van der Waals surface area contributed by atoms with Crippen LogP contribution in [0.3, 0.4) is 0 Å². The van der Waals surface area contributed by atoms with Crippen LogP contribution in [-0.2, 0) is 4.79 Å². The molecule has 2 saturated heterocycles. The Morgan fingerprint density at radius 1 is 1.20 bits per heavy atom. The molecule has 2 heterocycles. The Morgan fingerprint density at radius 3 is 2.50 bits per heavy atom. The van der Waals surface area contributed by atoms with E-state index in [4.69, 9.17) is 0 Å². The Kier molecular flexibility index (Phi) is 5.85. The first-order valence-corrected chi connectivity index (χ1v) is 8.40. The van der Waals surface area contributed by atoms with Crippen molar-refractivity contribution in [2.75, 3.05) is 26.7 Å². The van der Waals surface area contributed by atoms with Gasteiger partial charge in [-0.3, -0.25) is 10.1 Å². The van der Waals surface area contributed by atoms with Crippen LogP contribution >= 0.6 is 0 Å². The minimum Gasteiger partial charge on any atom is -0.326 e. The first kappa shape index (κ1) is 15.8. The van der Waals surface area contributed by atoms with E-state index >= 15 is 0 Å². The van der Waals surface area contributed by atoms with Crippen molar-refractivity contribution >= 4 is 5.91 Å². The smallest absolute Gasteiger partial charge is 0.241 e. The van der Waals surface area contributed by atoms with Gasteiger partial charge < -0.3 is 9.80 Å². The fourth-order valence-electron chi connectivity index (χ4n) is 3.49. The maximum Gasteiger partial charge on any atom is 0.241 e. The van der Waals surface area contributed by atoms with Crippen molar-refractivity contribution in [3.05, 3.63) is 0 Å². The van der Waals surface area contributed by atoms with Gasteiger partial charge >= 0.3 is 0 Å². The molecule has 1 N–H and O–H groups in total. The van der Waals surface area contributed by atoms with E-state index in [0.717, 1.165) is 31.7 Å². The van der Waals surface area contributed by atoms with Crippen LogP contribution in [0.25, 0.3) is 0 Å². The van der Waals surface area contributed by atoms with Crippen molar-refractivity contribution in [1.82, 2.24) is 15.1 Å². The standard InChI is InChI=1S/C16H31N3O/c1-4-6-15-17-14(5-2)16(20)19(15)12-9-13-7-10-18(3)11-8-13/h13-15,17H,4-12H2,1-3H3. The van der Waals surface area contributed by atoms with Gasteiger partial charge in [0.2, 0.25) is 5.91 Å². The van der Waals surface area contributed by atoms with Crippen molar-refractivity contribution in [3.8, 4) is 0 Å². The molecule has 2 aliphatic heterocycles. The molecule has 4 heteroatoms. The molecule has 2 unspecified atom stereocenters. The molecule has 0 aromatic heterocycles. The van der Waals surface area contributed by atoms with E-state index in [1.807, 2.05) is 0 Å². The second-order valence-corrected chi connectivity index (χ2v) is 6.50. The van der Waals surface area contributed by atoms with Gasteiger partial charge in [0.25, 0.3) is 0 Å². The molecule has 0 radical (unpaired) electrons. The molecular formula is C16H31N3O. The van der Waals surface area contributed by atoms with Crippen LogP contribution in [0.4, 0.5) is 0 Å². The number of carbonyl (C=O) groups excluding carboxylic acids is 1. The number of amides is 1. The van der Waals surface area contributed by atoms with Gasteiger partial charge in [0, 0.05) is 6.54 Å². The Labute approximate surface area is 123 Å². The molecule has 2 fully saturated rings. The second kappa shape index (κ2) is 7.41. The van der Waals surface area contributed by atoms with E-state index < -0.39 is 0 Å². The van der Waals surface area contributed by atoms with E-state index in [2.05, 4.69) is 36.0 Å². The quantitative estimate of drug-likeness (QED) is 0.809. The number of hydrogen-bond acceptors (Lipinski definition) is 3. The molecule has 0 aromatic carbocycles. The molecule has 2 rings (SSSR count). The average Bonchev–Trinajstić information content (AvgIpc) is 2.75. The van der Waals surface area contributed by atoms with Gasteiger partial charge in [-0.2, -0.15) is 0 Å². The lowest BCUT2D eigenvalue weighted by Gasteiger charge is -2.31. The van der Waals surface area contributed by atoms with E-state index in [0.29, 0.717) is 5.91 Å². The van der Waals surface area contributed by atoms with Crippen molar-refractivity contribution in [1.29, 1.82) is 0 Å². The predicted molar refractivity (Wildman–Crippen MR) is 82.5 cm³/mol. The lowest BCUT2D eigenvalue weighted by atomic mass is 9.93.